The molecule has 1 saturated heterocycles. The van der Waals surface area contributed by atoms with Gasteiger partial charge in [0, 0.05) is 13.6 Å². The zero-order valence-corrected chi connectivity index (χ0v) is 11.1. The second-order valence-corrected chi connectivity index (χ2v) is 5.08. The van der Waals surface area contributed by atoms with Gasteiger partial charge < -0.3 is 10.2 Å². The summed E-state index contributed by atoms with van der Waals surface area (Å²) < 4.78 is 0.784. The highest BCUT2D eigenvalue weighted by Crippen LogP contribution is 2.16. The van der Waals surface area contributed by atoms with Crippen LogP contribution < -0.4 is 10.2 Å². The summed E-state index contributed by atoms with van der Waals surface area (Å²) in [6.07, 6.45) is 6.07. The molecule has 1 fully saturated rings. The number of aromatic nitrogens is 2. The number of piperidine rings is 1. The van der Waals surface area contributed by atoms with E-state index in [2.05, 4.69) is 43.2 Å². The molecule has 0 bridgehead atoms. The van der Waals surface area contributed by atoms with E-state index < -0.39 is 0 Å². The Hall–Kier alpha value is -0.680. The fourth-order valence-corrected chi connectivity index (χ4v) is 2.25. The molecule has 5 heteroatoms. The second-order valence-electron chi connectivity index (χ2n) is 4.27. The largest absolute Gasteiger partial charge is 0.358 e. The number of halogens is 1. The lowest BCUT2D eigenvalue weighted by molar-refractivity contribution is 0.377. The van der Waals surface area contributed by atoms with E-state index in [1.165, 1.54) is 12.8 Å². The molecule has 0 saturated carbocycles. The molecular weight excluding hydrogens is 268 g/mol. The van der Waals surface area contributed by atoms with Crippen LogP contribution in [0.15, 0.2) is 17.0 Å². The van der Waals surface area contributed by atoms with Crippen LogP contribution >= 0.6 is 15.9 Å². The molecule has 0 radical (unpaired) electrons. The third-order valence-corrected chi connectivity index (χ3v) is 3.40. The highest BCUT2D eigenvalue weighted by atomic mass is 79.9. The van der Waals surface area contributed by atoms with Crippen molar-refractivity contribution >= 4 is 21.7 Å². The first-order valence-electron chi connectivity index (χ1n) is 5.65. The first kappa shape index (κ1) is 11.8. The van der Waals surface area contributed by atoms with E-state index in [1.54, 1.807) is 6.20 Å². The summed E-state index contributed by atoms with van der Waals surface area (Å²) in [5, 5.41) is 3.38. The van der Waals surface area contributed by atoms with Crippen molar-refractivity contribution in [1.29, 1.82) is 0 Å². The molecule has 88 valence electrons. The average molecular weight is 285 g/mol. The van der Waals surface area contributed by atoms with Gasteiger partial charge in [-0.2, -0.15) is 0 Å². The van der Waals surface area contributed by atoms with Gasteiger partial charge in [0.05, 0.1) is 12.4 Å². The molecule has 16 heavy (non-hydrogen) atoms. The molecule has 1 aromatic heterocycles. The maximum absolute atomic E-state index is 4.34. The molecule has 2 rings (SSSR count). The lowest BCUT2D eigenvalue weighted by Gasteiger charge is -2.27. The molecule has 0 spiro atoms. The summed E-state index contributed by atoms with van der Waals surface area (Å²) in [7, 11) is 2.08. The summed E-state index contributed by atoms with van der Waals surface area (Å²) in [5.41, 5.74) is 0. The van der Waals surface area contributed by atoms with Crippen LogP contribution in [-0.2, 0) is 0 Å². The molecular formula is C11H17BrN4. The number of nitrogens with zero attached hydrogens (tertiary/aromatic N) is 3. The van der Waals surface area contributed by atoms with Crippen LogP contribution in [0.25, 0.3) is 0 Å². The fraction of sp³-hybridized carbons (Fsp3) is 0.636. The van der Waals surface area contributed by atoms with E-state index in [9.17, 15) is 0 Å². The first-order chi connectivity index (χ1) is 7.75. The summed E-state index contributed by atoms with van der Waals surface area (Å²) in [6, 6.07) is 0. The highest BCUT2D eigenvalue weighted by Gasteiger charge is 2.15. The zero-order chi connectivity index (χ0) is 11.4. The van der Waals surface area contributed by atoms with Crippen LogP contribution in [0.5, 0.6) is 0 Å². The molecule has 0 aliphatic carbocycles. The van der Waals surface area contributed by atoms with Crippen molar-refractivity contribution in [2.24, 2.45) is 5.92 Å². The Morgan fingerprint density at radius 2 is 2.12 bits per heavy atom. The Bertz CT molecular complexity index is 321. The smallest absolute Gasteiger partial charge is 0.146 e. The number of hydrogen-bond donors (Lipinski definition) is 1. The first-order valence-corrected chi connectivity index (χ1v) is 6.44. The van der Waals surface area contributed by atoms with Crippen molar-refractivity contribution < 1.29 is 0 Å². The van der Waals surface area contributed by atoms with Gasteiger partial charge >= 0.3 is 0 Å². The van der Waals surface area contributed by atoms with E-state index in [-0.39, 0.29) is 0 Å². The third kappa shape index (κ3) is 3.15. The SMILES string of the molecule is CN(CC1CCNCC1)c1cnc(Br)cn1. The minimum Gasteiger partial charge on any atom is -0.358 e. The van der Waals surface area contributed by atoms with Crippen LogP contribution in [0, 0.1) is 5.92 Å². The molecule has 1 aromatic rings. The Labute approximate surface area is 105 Å². The van der Waals surface area contributed by atoms with Crippen molar-refractivity contribution in [2.75, 3.05) is 31.6 Å². The van der Waals surface area contributed by atoms with Crippen molar-refractivity contribution in [2.45, 2.75) is 12.8 Å². The van der Waals surface area contributed by atoms with Crippen LogP contribution in [0.3, 0.4) is 0 Å². The number of hydrogen-bond acceptors (Lipinski definition) is 4. The predicted molar refractivity (Wildman–Crippen MR) is 68.6 cm³/mol. The molecule has 4 nitrogen and oxygen atoms in total. The maximum atomic E-state index is 4.34. The predicted octanol–water partition coefficient (Wildman–Crippen LogP) is 1.67. The van der Waals surface area contributed by atoms with Crippen LogP contribution in [-0.4, -0.2) is 36.6 Å². The van der Waals surface area contributed by atoms with Gasteiger partial charge in [-0.05, 0) is 47.8 Å². The standard InChI is InChI=1S/C11H17BrN4/c1-16(8-9-2-4-13-5-3-9)11-7-14-10(12)6-15-11/h6-7,9,13H,2-5,8H2,1H3. The number of rotatable bonds is 3. The molecule has 1 aliphatic rings. The van der Waals surface area contributed by atoms with Crippen molar-refractivity contribution in [3.63, 3.8) is 0 Å². The average Bonchev–Trinajstić information content (AvgIpc) is 2.31. The van der Waals surface area contributed by atoms with Gasteiger partial charge in [-0.1, -0.05) is 0 Å². The molecule has 0 unspecified atom stereocenters. The van der Waals surface area contributed by atoms with E-state index >= 15 is 0 Å². The highest BCUT2D eigenvalue weighted by molar-refractivity contribution is 9.10. The lowest BCUT2D eigenvalue weighted by atomic mass is 9.98. The van der Waals surface area contributed by atoms with Crippen LogP contribution in [0.1, 0.15) is 12.8 Å². The molecule has 1 N–H and O–H groups in total. The van der Waals surface area contributed by atoms with Gasteiger partial charge in [-0.15, -0.1) is 0 Å². The lowest BCUT2D eigenvalue weighted by Crippen LogP contribution is -2.34. The monoisotopic (exact) mass is 284 g/mol. The summed E-state index contributed by atoms with van der Waals surface area (Å²) in [4.78, 5) is 10.7. The summed E-state index contributed by atoms with van der Waals surface area (Å²) in [5.74, 6) is 1.72. The van der Waals surface area contributed by atoms with E-state index in [1.807, 2.05) is 6.20 Å². The third-order valence-electron chi connectivity index (χ3n) is 2.99. The quantitative estimate of drug-likeness (QED) is 0.917. The van der Waals surface area contributed by atoms with E-state index in [4.69, 9.17) is 0 Å². The van der Waals surface area contributed by atoms with Gasteiger partial charge in [0.1, 0.15) is 10.4 Å². The van der Waals surface area contributed by atoms with Gasteiger partial charge in [0.15, 0.2) is 0 Å². The van der Waals surface area contributed by atoms with Gasteiger partial charge in [0.25, 0.3) is 0 Å². The minimum absolute atomic E-state index is 0.775. The van der Waals surface area contributed by atoms with E-state index in [0.717, 1.165) is 36.0 Å². The zero-order valence-electron chi connectivity index (χ0n) is 9.49. The molecule has 0 aromatic carbocycles. The Morgan fingerprint density at radius 1 is 1.38 bits per heavy atom. The molecule has 0 atom stereocenters. The van der Waals surface area contributed by atoms with Crippen molar-refractivity contribution in [3.8, 4) is 0 Å². The van der Waals surface area contributed by atoms with E-state index in [0.29, 0.717) is 0 Å². The Morgan fingerprint density at radius 3 is 2.75 bits per heavy atom. The maximum Gasteiger partial charge on any atom is 0.146 e. The van der Waals surface area contributed by atoms with Crippen molar-refractivity contribution in [1.82, 2.24) is 15.3 Å². The fourth-order valence-electron chi connectivity index (χ4n) is 2.05. The van der Waals surface area contributed by atoms with Crippen LogP contribution in [0.2, 0.25) is 0 Å². The topological polar surface area (TPSA) is 41.0 Å². The van der Waals surface area contributed by atoms with Crippen molar-refractivity contribution in [3.05, 3.63) is 17.0 Å². The molecule has 2 heterocycles. The van der Waals surface area contributed by atoms with Crippen LogP contribution in [0.4, 0.5) is 5.82 Å². The Kier molecular flexibility index (Phi) is 4.12. The van der Waals surface area contributed by atoms with Gasteiger partial charge in [0.2, 0.25) is 0 Å². The summed E-state index contributed by atoms with van der Waals surface area (Å²) in [6.45, 7) is 3.35. The molecule has 1 aliphatic heterocycles. The number of anilines is 1. The summed E-state index contributed by atoms with van der Waals surface area (Å²) >= 11 is 3.29. The van der Waals surface area contributed by atoms with Gasteiger partial charge in [-0.3, -0.25) is 0 Å². The second kappa shape index (κ2) is 5.59. The van der Waals surface area contributed by atoms with Gasteiger partial charge in [-0.25, -0.2) is 9.97 Å². The number of nitrogens with one attached hydrogen (secondary N) is 1. The molecule has 0 amide bonds. The normalized spacial score (nSPS) is 17.4. The Balaban J connectivity index is 1.91. The minimum atomic E-state index is 0.775.